The minimum absolute atomic E-state index is 0.208. The monoisotopic (exact) mass is 299 g/mol. The van der Waals surface area contributed by atoms with Gasteiger partial charge in [-0.1, -0.05) is 0 Å². The van der Waals surface area contributed by atoms with Crippen molar-refractivity contribution in [3.05, 3.63) is 15.6 Å². The molecule has 6 nitrogen and oxygen atoms in total. The lowest BCUT2D eigenvalue weighted by molar-refractivity contribution is 0.0687. The van der Waals surface area contributed by atoms with Crippen LogP contribution in [0.1, 0.15) is 20.4 Å². The summed E-state index contributed by atoms with van der Waals surface area (Å²) in [6, 6.07) is 0. The number of aromatic carboxylic acids is 1. The molecule has 0 amide bonds. The van der Waals surface area contributed by atoms with Crippen molar-refractivity contribution in [2.45, 2.75) is 13.0 Å². The second-order valence-electron chi connectivity index (χ2n) is 5.01. The number of methoxy groups -OCH3 is 1. The number of thiazole rings is 1. The molecule has 1 N–H and O–H groups in total. The van der Waals surface area contributed by atoms with Crippen LogP contribution in [0.5, 0.6) is 0 Å². The van der Waals surface area contributed by atoms with E-state index in [1.165, 1.54) is 11.3 Å². The molecule has 0 aromatic carbocycles. The average molecular weight is 299 g/mol. The highest BCUT2D eigenvalue weighted by molar-refractivity contribution is 7.11. The molecule has 0 bridgehead atoms. The highest BCUT2D eigenvalue weighted by Gasteiger charge is 2.21. The minimum atomic E-state index is -0.936. The van der Waals surface area contributed by atoms with Crippen LogP contribution in [0.3, 0.4) is 0 Å². The summed E-state index contributed by atoms with van der Waals surface area (Å²) in [6.45, 7) is 5.25. The fourth-order valence-electron chi connectivity index (χ4n) is 2.18. The van der Waals surface area contributed by atoms with Gasteiger partial charge in [-0.05, 0) is 7.05 Å². The predicted octanol–water partition coefficient (Wildman–Crippen LogP) is 0.778. The molecule has 0 aliphatic carbocycles. The number of piperazine rings is 1. The number of rotatable bonds is 6. The number of aromatic nitrogens is 1. The largest absolute Gasteiger partial charge is 0.476 e. The van der Waals surface area contributed by atoms with Crippen LogP contribution in [0.15, 0.2) is 0 Å². The van der Waals surface area contributed by atoms with Crippen LogP contribution in [-0.4, -0.2) is 72.8 Å². The molecule has 1 aromatic rings. The lowest BCUT2D eigenvalue weighted by Gasteiger charge is -2.31. The Bertz CT molecular complexity index is 456. The summed E-state index contributed by atoms with van der Waals surface area (Å²) in [6.07, 6.45) is 0.671. The number of carboxylic acids is 1. The van der Waals surface area contributed by atoms with Gasteiger partial charge in [-0.25, -0.2) is 9.78 Å². The Kier molecular flexibility index (Phi) is 5.47. The SMILES string of the molecule is COCCc1nc(C(=O)O)c(CN2CCN(C)CC2)s1. The molecule has 112 valence electrons. The van der Waals surface area contributed by atoms with Gasteiger partial charge < -0.3 is 14.7 Å². The van der Waals surface area contributed by atoms with Crippen LogP contribution >= 0.6 is 11.3 Å². The molecule has 0 spiro atoms. The molecule has 0 saturated carbocycles. The Labute approximate surface area is 123 Å². The van der Waals surface area contributed by atoms with Crippen molar-refractivity contribution in [1.82, 2.24) is 14.8 Å². The van der Waals surface area contributed by atoms with Crippen LogP contribution < -0.4 is 0 Å². The molecule has 7 heteroatoms. The molecule has 2 rings (SSSR count). The number of nitrogens with zero attached hydrogens (tertiary/aromatic N) is 3. The average Bonchev–Trinajstić information content (AvgIpc) is 2.82. The number of likely N-dealkylation sites (N-methyl/N-ethyl adjacent to an activating group) is 1. The topological polar surface area (TPSA) is 65.9 Å². The zero-order valence-electron chi connectivity index (χ0n) is 12.0. The van der Waals surface area contributed by atoms with Gasteiger partial charge in [-0.15, -0.1) is 11.3 Å². The highest BCUT2D eigenvalue weighted by Crippen LogP contribution is 2.22. The quantitative estimate of drug-likeness (QED) is 0.837. The molecule has 1 fully saturated rings. The Balaban J connectivity index is 2.05. The van der Waals surface area contributed by atoms with E-state index >= 15 is 0 Å². The van der Waals surface area contributed by atoms with Gasteiger partial charge in [0.2, 0.25) is 0 Å². The molecule has 1 saturated heterocycles. The molecule has 1 aromatic heterocycles. The van der Waals surface area contributed by atoms with Gasteiger partial charge in [-0.3, -0.25) is 4.90 Å². The third-order valence-corrected chi connectivity index (χ3v) is 4.53. The van der Waals surface area contributed by atoms with E-state index in [1.54, 1.807) is 7.11 Å². The molecule has 20 heavy (non-hydrogen) atoms. The van der Waals surface area contributed by atoms with E-state index in [1.807, 2.05) is 0 Å². The lowest BCUT2D eigenvalue weighted by atomic mass is 10.3. The van der Waals surface area contributed by atoms with Crippen molar-refractivity contribution >= 4 is 17.3 Å². The second kappa shape index (κ2) is 7.12. The van der Waals surface area contributed by atoms with Gasteiger partial charge in [0.25, 0.3) is 0 Å². The molecule has 0 unspecified atom stereocenters. The Morgan fingerprint density at radius 2 is 2.10 bits per heavy atom. The first-order chi connectivity index (χ1) is 9.60. The fourth-order valence-corrected chi connectivity index (χ4v) is 3.26. The number of carbonyl (C=O) groups is 1. The lowest BCUT2D eigenvalue weighted by Crippen LogP contribution is -2.43. The van der Waals surface area contributed by atoms with Crippen LogP contribution in [0.4, 0.5) is 0 Å². The molecule has 1 aliphatic rings. The summed E-state index contributed by atoms with van der Waals surface area (Å²) < 4.78 is 5.02. The normalized spacial score (nSPS) is 17.5. The zero-order valence-corrected chi connectivity index (χ0v) is 12.8. The third-order valence-electron chi connectivity index (χ3n) is 3.43. The zero-order chi connectivity index (χ0) is 14.5. The Morgan fingerprint density at radius 3 is 2.70 bits per heavy atom. The van der Waals surface area contributed by atoms with Crippen molar-refractivity contribution in [3.8, 4) is 0 Å². The Hall–Kier alpha value is -1.02. The van der Waals surface area contributed by atoms with E-state index < -0.39 is 5.97 Å². The number of ether oxygens (including phenoxy) is 1. The smallest absolute Gasteiger partial charge is 0.355 e. The number of hydrogen-bond acceptors (Lipinski definition) is 6. The first-order valence-corrected chi connectivity index (χ1v) is 7.53. The van der Waals surface area contributed by atoms with Gasteiger partial charge in [0, 0.05) is 46.3 Å². The standard InChI is InChI=1S/C13H21N3O3S/c1-15-4-6-16(7-5-15)9-10-12(13(17)18)14-11(20-10)3-8-19-2/h3-9H2,1-2H3,(H,17,18). The summed E-state index contributed by atoms with van der Waals surface area (Å²) >= 11 is 1.50. The second-order valence-corrected chi connectivity index (χ2v) is 6.17. The summed E-state index contributed by atoms with van der Waals surface area (Å²) in [4.78, 5) is 20.9. The highest BCUT2D eigenvalue weighted by atomic mass is 32.1. The van der Waals surface area contributed by atoms with Gasteiger partial charge in [-0.2, -0.15) is 0 Å². The van der Waals surface area contributed by atoms with Crippen LogP contribution in [-0.2, 0) is 17.7 Å². The molecule has 0 radical (unpaired) electrons. The molecule has 0 atom stereocenters. The predicted molar refractivity (Wildman–Crippen MR) is 77.4 cm³/mol. The fraction of sp³-hybridized carbons (Fsp3) is 0.692. The van der Waals surface area contributed by atoms with Crippen molar-refractivity contribution in [2.75, 3.05) is 46.9 Å². The molecule has 1 aliphatic heterocycles. The minimum Gasteiger partial charge on any atom is -0.476 e. The third kappa shape index (κ3) is 3.99. The van der Waals surface area contributed by atoms with E-state index in [0.717, 1.165) is 36.1 Å². The maximum Gasteiger partial charge on any atom is 0.355 e. The maximum absolute atomic E-state index is 11.3. The molecule has 2 heterocycles. The first-order valence-electron chi connectivity index (χ1n) is 6.72. The Morgan fingerprint density at radius 1 is 1.40 bits per heavy atom. The molecular formula is C13H21N3O3S. The van der Waals surface area contributed by atoms with Crippen molar-refractivity contribution < 1.29 is 14.6 Å². The maximum atomic E-state index is 11.3. The van der Waals surface area contributed by atoms with Crippen molar-refractivity contribution in [3.63, 3.8) is 0 Å². The van der Waals surface area contributed by atoms with Crippen LogP contribution in [0.25, 0.3) is 0 Å². The first kappa shape index (κ1) is 15.4. The number of carboxylic acid groups (broad SMARTS) is 1. The van der Waals surface area contributed by atoms with Gasteiger partial charge in [0.05, 0.1) is 16.5 Å². The molecular weight excluding hydrogens is 278 g/mol. The van der Waals surface area contributed by atoms with Gasteiger partial charge in [0.15, 0.2) is 5.69 Å². The van der Waals surface area contributed by atoms with Gasteiger partial charge >= 0.3 is 5.97 Å². The summed E-state index contributed by atoms with van der Waals surface area (Å²) in [7, 11) is 3.74. The summed E-state index contributed by atoms with van der Waals surface area (Å²) in [5.74, 6) is -0.936. The van der Waals surface area contributed by atoms with E-state index in [2.05, 4.69) is 21.8 Å². The summed E-state index contributed by atoms with van der Waals surface area (Å²) in [5, 5.41) is 10.1. The number of hydrogen-bond donors (Lipinski definition) is 1. The van der Waals surface area contributed by atoms with Crippen LogP contribution in [0, 0.1) is 0 Å². The van der Waals surface area contributed by atoms with Crippen molar-refractivity contribution in [1.29, 1.82) is 0 Å². The van der Waals surface area contributed by atoms with E-state index in [4.69, 9.17) is 4.74 Å². The van der Waals surface area contributed by atoms with Crippen LogP contribution in [0.2, 0.25) is 0 Å². The van der Waals surface area contributed by atoms with E-state index in [-0.39, 0.29) is 5.69 Å². The van der Waals surface area contributed by atoms with Crippen molar-refractivity contribution in [2.24, 2.45) is 0 Å². The summed E-state index contributed by atoms with van der Waals surface area (Å²) in [5.41, 5.74) is 0.208. The van der Waals surface area contributed by atoms with E-state index in [0.29, 0.717) is 19.6 Å². The van der Waals surface area contributed by atoms with E-state index in [9.17, 15) is 9.90 Å². The van der Waals surface area contributed by atoms with Gasteiger partial charge in [0.1, 0.15) is 0 Å².